The second-order valence-corrected chi connectivity index (χ2v) is 8.17. The second kappa shape index (κ2) is 12.1. The standard InChI is InChI=1S/C26H22ClFN4O5/c1-35-22-14-21-18(26(30-15-29-21)31-16-8-10-20(28)19(27)12-16)13-23(22)37-25-11-9-17(36-25)6-4-2-3-5-7-24(33)32-34/h8-15,34H,2-3,5,7H2,1H3,(H,32,33)(H,29,30,31). The molecule has 2 heterocycles. The number of unbranched alkanes of at least 4 members (excludes halogenated alkanes) is 2. The zero-order valence-corrected chi connectivity index (χ0v) is 20.4. The molecule has 11 heteroatoms. The van der Waals surface area contributed by atoms with Crippen LogP contribution in [0.3, 0.4) is 0 Å². The molecule has 0 spiro atoms. The maximum absolute atomic E-state index is 13.5. The fraction of sp³-hybridized carbons (Fsp3) is 0.192. The Hall–Kier alpha value is -4.33. The van der Waals surface area contributed by atoms with Gasteiger partial charge in [-0.3, -0.25) is 10.0 Å². The van der Waals surface area contributed by atoms with Crippen molar-refractivity contribution < 1.29 is 28.3 Å². The third kappa shape index (κ3) is 6.67. The number of fused-ring (bicyclic) bond motifs is 1. The quantitative estimate of drug-likeness (QED) is 0.106. The molecule has 4 rings (SSSR count). The lowest BCUT2D eigenvalue weighted by Gasteiger charge is -2.13. The number of nitrogens with zero attached hydrogens (tertiary/aromatic N) is 2. The van der Waals surface area contributed by atoms with E-state index in [9.17, 15) is 9.18 Å². The molecule has 2 aromatic heterocycles. The number of rotatable bonds is 9. The summed E-state index contributed by atoms with van der Waals surface area (Å²) in [6, 6.07) is 11.0. The predicted molar refractivity (Wildman–Crippen MR) is 135 cm³/mol. The van der Waals surface area contributed by atoms with E-state index in [1.165, 1.54) is 25.6 Å². The summed E-state index contributed by atoms with van der Waals surface area (Å²) in [6.45, 7) is 0. The molecule has 3 N–H and O–H groups in total. The van der Waals surface area contributed by atoms with Crippen molar-refractivity contribution in [1.29, 1.82) is 0 Å². The van der Waals surface area contributed by atoms with Crippen LogP contribution in [-0.2, 0) is 4.79 Å². The van der Waals surface area contributed by atoms with Gasteiger partial charge >= 0.3 is 0 Å². The monoisotopic (exact) mass is 524 g/mol. The van der Waals surface area contributed by atoms with E-state index in [1.54, 1.807) is 35.8 Å². The third-order valence-corrected chi connectivity index (χ3v) is 5.48. The van der Waals surface area contributed by atoms with E-state index in [4.69, 9.17) is 30.7 Å². The number of carbonyl (C=O) groups is 1. The number of hydrogen-bond donors (Lipinski definition) is 3. The molecule has 0 aliphatic heterocycles. The van der Waals surface area contributed by atoms with Crippen LogP contribution in [0.15, 0.2) is 53.2 Å². The molecule has 0 saturated carbocycles. The Morgan fingerprint density at radius 2 is 2.03 bits per heavy atom. The Bertz CT molecular complexity index is 1480. The minimum Gasteiger partial charge on any atom is -0.493 e. The van der Waals surface area contributed by atoms with Crippen LogP contribution in [0.5, 0.6) is 17.4 Å². The average molecular weight is 525 g/mol. The van der Waals surface area contributed by atoms with Gasteiger partial charge in [0.1, 0.15) is 18.0 Å². The number of furan rings is 1. The number of hydrogen-bond acceptors (Lipinski definition) is 8. The smallest absolute Gasteiger partial charge is 0.291 e. The molecule has 0 aliphatic carbocycles. The Kier molecular flexibility index (Phi) is 8.40. The van der Waals surface area contributed by atoms with Gasteiger partial charge in [-0.1, -0.05) is 17.5 Å². The van der Waals surface area contributed by atoms with Crippen molar-refractivity contribution in [2.75, 3.05) is 12.4 Å². The molecule has 0 fully saturated rings. The molecule has 2 aromatic carbocycles. The third-order valence-electron chi connectivity index (χ3n) is 5.19. The summed E-state index contributed by atoms with van der Waals surface area (Å²) in [5.74, 6) is 6.83. The zero-order valence-electron chi connectivity index (χ0n) is 19.7. The number of hydroxylamine groups is 1. The first-order valence-electron chi connectivity index (χ1n) is 11.2. The highest BCUT2D eigenvalue weighted by atomic mass is 35.5. The molecule has 0 unspecified atom stereocenters. The maximum atomic E-state index is 13.5. The highest BCUT2D eigenvalue weighted by Gasteiger charge is 2.14. The molecule has 0 atom stereocenters. The SMILES string of the molecule is COc1cc2ncnc(Nc3ccc(F)c(Cl)c3)c2cc1Oc1ccc(C#CCCCCC(=O)NO)o1. The number of nitrogens with one attached hydrogen (secondary N) is 2. The van der Waals surface area contributed by atoms with Crippen molar-refractivity contribution in [3.63, 3.8) is 0 Å². The normalized spacial score (nSPS) is 10.5. The molecule has 0 aliphatic rings. The van der Waals surface area contributed by atoms with Gasteiger partial charge < -0.3 is 19.2 Å². The van der Waals surface area contributed by atoms with Gasteiger partial charge in [0.15, 0.2) is 17.3 Å². The van der Waals surface area contributed by atoms with E-state index in [-0.39, 0.29) is 17.4 Å². The van der Waals surface area contributed by atoms with Crippen molar-refractivity contribution in [3.05, 3.63) is 65.4 Å². The molecule has 190 valence electrons. The van der Waals surface area contributed by atoms with E-state index in [1.807, 2.05) is 0 Å². The maximum Gasteiger partial charge on any atom is 0.291 e. The summed E-state index contributed by atoms with van der Waals surface area (Å²) in [7, 11) is 1.51. The zero-order chi connectivity index (χ0) is 26.2. The Balaban J connectivity index is 1.50. The first-order valence-corrected chi connectivity index (χ1v) is 11.6. The van der Waals surface area contributed by atoms with Gasteiger partial charge in [0.05, 0.1) is 17.6 Å². The van der Waals surface area contributed by atoms with Gasteiger partial charge in [0.25, 0.3) is 5.95 Å². The summed E-state index contributed by atoms with van der Waals surface area (Å²) in [5.41, 5.74) is 2.75. The highest BCUT2D eigenvalue weighted by Crippen LogP contribution is 2.38. The summed E-state index contributed by atoms with van der Waals surface area (Å²) in [4.78, 5) is 19.6. The Labute approximate surface area is 216 Å². The fourth-order valence-electron chi connectivity index (χ4n) is 3.37. The van der Waals surface area contributed by atoms with E-state index in [0.717, 1.165) is 0 Å². The fourth-order valence-corrected chi connectivity index (χ4v) is 3.55. The first-order chi connectivity index (χ1) is 18.0. The lowest BCUT2D eigenvalue weighted by molar-refractivity contribution is -0.129. The number of methoxy groups -OCH3 is 1. The number of carbonyl (C=O) groups excluding carboxylic acids is 1. The van der Waals surface area contributed by atoms with Crippen LogP contribution in [0.25, 0.3) is 10.9 Å². The number of aromatic nitrogens is 2. The van der Waals surface area contributed by atoms with Crippen molar-refractivity contribution in [2.45, 2.75) is 25.7 Å². The van der Waals surface area contributed by atoms with Crippen LogP contribution in [0.2, 0.25) is 5.02 Å². The first kappa shape index (κ1) is 25.8. The van der Waals surface area contributed by atoms with Gasteiger partial charge in [-0.15, -0.1) is 0 Å². The van der Waals surface area contributed by atoms with E-state index >= 15 is 0 Å². The summed E-state index contributed by atoms with van der Waals surface area (Å²) in [6.07, 6.45) is 3.54. The van der Waals surface area contributed by atoms with Crippen molar-refractivity contribution in [2.24, 2.45) is 0 Å². The molecule has 1 amide bonds. The van der Waals surface area contributed by atoms with Gasteiger partial charge in [-0.2, -0.15) is 0 Å². The van der Waals surface area contributed by atoms with Crippen molar-refractivity contribution in [3.8, 4) is 29.3 Å². The number of ether oxygens (including phenoxy) is 2. The van der Waals surface area contributed by atoms with Crippen LogP contribution in [0.4, 0.5) is 15.9 Å². The Morgan fingerprint density at radius 1 is 1.16 bits per heavy atom. The van der Waals surface area contributed by atoms with Crippen LogP contribution < -0.4 is 20.3 Å². The van der Waals surface area contributed by atoms with E-state index in [2.05, 4.69) is 27.1 Å². The lowest BCUT2D eigenvalue weighted by atomic mass is 10.2. The number of halogens is 2. The molecular weight excluding hydrogens is 503 g/mol. The number of anilines is 2. The molecule has 37 heavy (non-hydrogen) atoms. The van der Waals surface area contributed by atoms with Crippen LogP contribution in [0, 0.1) is 17.7 Å². The Morgan fingerprint density at radius 3 is 2.81 bits per heavy atom. The predicted octanol–water partition coefficient (Wildman–Crippen LogP) is 5.98. The number of benzene rings is 2. The average Bonchev–Trinajstić information content (AvgIpc) is 3.35. The minimum absolute atomic E-state index is 0.0140. The molecular formula is C26H22ClFN4O5. The number of amides is 1. The molecule has 9 nitrogen and oxygen atoms in total. The van der Waals surface area contributed by atoms with Gasteiger partial charge in [0, 0.05) is 36.0 Å². The van der Waals surface area contributed by atoms with E-state index < -0.39 is 11.7 Å². The van der Waals surface area contributed by atoms with Gasteiger partial charge in [-0.25, -0.2) is 19.8 Å². The largest absolute Gasteiger partial charge is 0.493 e. The molecule has 4 aromatic rings. The van der Waals surface area contributed by atoms with Crippen LogP contribution in [0.1, 0.15) is 31.4 Å². The summed E-state index contributed by atoms with van der Waals surface area (Å²) in [5, 5.41) is 12.2. The lowest BCUT2D eigenvalue weighted by Crippen LogP contribution is -2.17. The van der Waals surface area contributed by atoms with Gasteiger partial charge in [-0.05, 0) is 49.1 Å². The van der Waals surface area contributed by atoms with Gasteiger partial charge in [0.2, 0.25) is 5.91 Å². The van der Waals surface area contributed by atoms with Crippen molar-refractivity contribution in [1.82, 2.24) is 15.4 Å². The highest BCUT2D eigenvalue weighted by molar-refractivity contribution is 6.31. The summed E-state index contributed by atoms with van der Waals surface area (Å²) < 4.78 is 30.6. The molecule has 0 radical (unpaired) electrons. The second-order valence-electron chi connectivity index (χ2n) is 7.76. The summed E-state index contributed by atoms with van der Waals surface area (Å²) >= 11 is 5.90. The minimum atomic E-state index is -0.519. The van der Waals surface area contributed by atoms with Crippen LogP contribution >= 0.6 is 11.6 Å². The topological polar surface area (TPSA) is 119 Å². The van der Waals surface area contributed by atoms with E-state index in [0.29, 0.717) is 58.9 Å². The molecule has 0 bridgehead atoms. The van der Waals surface area contributed by atoms with Crippen LogP contribution in [-0.4, -0.2) is 28.2 Å². The molecule has 0 saturated heterocycles. The van der Waals surface area contributed by atoms with Crippen molar-refractivity contribution >= 4 is 39.9 Å².